The van der Waals surface area contributed by atoms with Crippen molar-refractivity contribution < 1.29 is 4.79 Å². The van der Waals surface area contributed by atoms with Gasteiger partial charge in [0, 0.05) is 25.8 Å². The molecule has 1 aromatic carbocycles. The van der Waals surface area contributed by atoms with E-state index in [0.717, 1.165) is 40.6 Å². The Kier molecular flexibility index (Phi) is 5.92. The Hall–Kier alpha value is -2.35. The number of amides is 1. The third-order valence-electron chi connectivity index (χ3n) is 4.21. The van der Waals surface area contributed by atoms with Gasteiger partial charge in [-0.1, -0.05) is 30.8 Å². The zero-order chi connectivity index (χ0) is 18.5. The Morgan fingerprint density at radius 1 is 1.35 bits per heavy atom. The molecule has 0 saturated heterocycles. The molecule has 1 amide bonds. The first-order valence-electron chi connectivity index (χ1n) is 8.82. The Morgan fingerprint density at radius 2 is 2.15 bits per heavy atom. The zero-order valence-corrected chi connectivity index (χ0v) is 16.2. The molecule has 138 valence electrons. The van der Waals surface area contributed by atoms with Crippen LogP contribution >= 0.6 is 11.8 Å². The highest BCUT2D eigenvalue weighted by Gasteiger charge is 2.20. The van der Waals surface area contributed by atoms with Gasteiger partial charge in [-0.25, -0.2) is 4.98 Å². The van der Waals surface area contributed by atoms with Crippen molar-refractivity contribution in [2.45, 2.75) is 37.9 Å². The fraction of sp³-hybridized carbons (Fsp3) is 0.444. The van der Waals surface area contributed by atoms with Crippen LogP contribution in [0.4, 0.5) is 0 Å². The Bertz CT molecular complexity index is 887. The number of benzene rings is 1. The van der Waals surface area contributed by atoms with Crippen LogP contribution in [0, 0.1) is 0 Å². The summed E-state index contributed by atoms with van der Waals surface area (Å²) in [6.07, 6.45) is 3.52. The van der Waals surface area contributed by atoms with Crippen molar-refractivity contribution in [2.75, 3.05) is 12.3 Å². The van der Waals surface area contributed by atoms with E-state index in [1.54, 1.807) is 18.1 Å². The first-order valence-corrected chi connectivity index (χ1v) is 9.80. The minimum atomic E-state index is -0.302. The van der Waals surface area contributed by atoms with Gasteiger partial charge in [0.15, 0.2) is 5.16 Å². The van der Waals surface area contributed by atoms with E-state index in [1.165, 1.54) is 0 Å². The minimum Gasteiger partial charge on any atom is -0.353 e. The summed E-state index contributed by atoms with van der Waals surface area (Å²) in [6, 6.07) is 7.67. The average Bonchev–Trinajstić information content (AvgIpc) is 3.21. The van der Waals surface area contributed by atoms with E-state index in [2.05, 4.69) is 27.0 Å². The number of aromatic nitrogens is 5. The van der Waals surface area contributed by atoms with E-state index in [-0.39, 0.29) is 11.9 Å². The Balaban J connectivity index is 1.65. The molecule has 0 aliphatic rings. The fourth-order valence-electron chi connectivity index (χ4n) is 2.91. The number of para-hydroxylation sites is 2. The number of nitrogens with zero attached hydrogens (tertiary/aromatic N) is 5. The molecule has 1 atom stereocenters. The van der Waals surface area contributed by atoms with Crippen molar-refractivity contribution in [3.63, 3.8) is 0 Å². The molecule has 0 bridgehead atoms. The lowest BCUT2D eigenvalue weighted by Crippen LogP contribution is -2.33. The quantitative estimate of drug-likeness (QED) is 0.486. The SMILES string of the molecule is CCCc1nc2ccccc2n1[C@@H](C)C(=O)NCCSc1nncn1C. The van der Waals surface area contributed by atoms with Crippen LogP contribution in [0.2, 0.25) is 0 Å². The highest BCUT2D eigenvalue weighted by Crippen LogP contribution is 2.22. The third kappa shape index (κ3) is 3.90. The molecule has 1 N–H and O–H groups in total. The monoisotopic (exact) mass is 372 g/mol. The number of carbonyl (C=O) groups is 1. The molecule has 2 heterocycles. The first-order chi connectivity index (χ1) is 12.6. The normalized spacial score (nSPS) is 12.4. The largest absolute Gasteiger partial charge is 0.353 e. The van der Waals surface area contributed by atoms with Crippen LogP contribution in [0.25, 0.3) is 11.0 Å². The van der Waals surface area contributed by atoms with Gasteiger partial charge in [0.25, 0.3) is 0 Å². The van der Waals surface area contributed by atoms with Gasteiger partial charge in [0.2, 0.25) is 5.91 Å². The number of hydrogen-bond acceptors (Lipinski definition) is 5. The molecular formula is C18H24N6OS. The lowest BCUT2D eigenvalue weighted by atomic mass is 10.2. The second-order valence-electron chi connectivity index (χ2n) is 6.18. The number of fused-ring (bicyclic) bond motifs is 1. The van der Waals surface area contributed by atoms with Gasteiger partial charge in [-0.15, -0.1) is 10.2 Å². The van der Waals surface area contributed by atoms with Gasteiger partial charge in [-0.3, -0.25) is 4.79 Å². The highest BCUT2D eigenvalue weighted by atomic mass is 32.2. The molecule has 0 aliphatic heterocycles. The van der Waals surface area contributed by atoms with Gasteiger partial charge in [0.1, 0.15) is 18.2 Å². The van der Waals surface area contributed by atoms with Crippen LogP contribution in [0.15, 0.2) is 35.7 Å². The van der Waals surface area contributed by atoms with Gasteiger partial charge < -0.3 is 14.5 Å². The molecule has 0 saturated carbocycles. The van der Waals surface area contributed by atoms with Gasteiger partial charge >= 0.3 is 0 Å². The van der Waals surface area contributed by atoms with Crippen molar-refractivity contribution in [1.82, 2.24) is 29.6 Å². The number of thioether (sulfide) groups is 1. The van der Waals surface area contributed by atoms with Crippen molar-refractivity contribution in [2.24, 2.45) is 7.05 Å². The lowest BCUT2D eigenvalue weighted by Gasteiger charge is -2.17. The van der Waals surface area contributed by atoms with Crippen molar-refractivity contribution in [3.8, 4) is 0 Å². The topological polar surface area (TPSA) is 77.6 Å². The van der Waals surface area contributed by atoms with Crippen LogP contribution in [0.5, 0.6) is 0 Å². The molecule has 8 heteroatoms. The highest BCUT2D eigenvalue weighted by molar-refractivity contribution is 7.99. The lowest BCUT2D eigenvalue weighted by molar-refractivity contribution is -0.123. The Morgan fingerprint density at radius 3 is 2.88 bits per heavy atom. The average molecular weight is 372 g/mol. The van der Waals surface area contributed by atoms with Gasteiger partial charge in [-0.05, 0) is 25.5 Å². The summed E-state index contributed by atoms with van der Waals surface area (Å²) in [7, 11) is 1.91. The maximum Gasteiger partial charge on any atom is 0.242 e. The first kappa shape index (κ1) is 18.4. The van der Waals surface area contributed by atoms with E-state index in [0.29, 0.717) is 6.54 Å². The van der Waals surface area contributed by atoms with E-state index < -0.39 is 0 Å². The number of nitrogens with one attached hydrogen (secondary N) is 1. The number of carbonyl (C=O) groups excluding carboxylic acids is 1. The predicted molar refractivity (Wildman–Crippen MR) is 103 cm³/mol. The van der Waals surface area contributed by atoms with Crippen molar-refractivity contribution in [3.05, 3.63) is 36.4 Å². The number of hydrogen-bond donors (Lipinski definition) is 1. The van der Waals surface area contributed by atoms with Crippen molar-refractivity contribution in [1.29, 1.82) is 0 Å². The fourth-order valence-corrected chi connectivity index (χ4v) is 3.65. The minimum absolute atomic E-state index is 0.00377. The molecule has 0 fully saturated rings. The summed E-state index contributed by atoms with van der Waals surface area (Å²) in [4.78, 5) is 17.4. The summed E-state index contributed by atoms with van der Waals surface area (Å²) in [5.41, 5.74) is 1.94. The van der Waals surface area contributed by atoms with E-state index in [9.17, 15) is 4.79 Å². The molecule has 0 aliphatic carbocycles. The summed E-state index contributed by atoms with van der Waals surface area (Å²) in [5.74, 6) is 1.71. The second-order valence-corrected chi connectivity index (χ2v) is 7.24. The van der Waals surface area contributed by atoms with Crippen LogP contribution in [-0.4, -0.2) is 42.5 Å². The smallest absolute Gasteiger partial charge is 0.242 e. The van der Waals surface area contributed by atoms with Gasteiger partial charge in [0.05, 0.1) is 11.0 Å². The maximum atomic E-state index is 12.7. The standard InChI is InChI=1S/C18H24N6OS/c1-4-7-16-21-14-8-5-6-9-15(14)24(16)13(2)17(25)19-10-11-26-18-22-20-12-23(18)3/h5-6,8-9,12-13H,4,7,10-11H2,1-3H3,(H,19,25)/t13-/m0/s1. The molecule has 3 aromatic rings. The summed E-state index contributed by atoms with van der Waals surface area (Å²) >= 11 is 1.57. The zero-order valence-electron chi connectivity index (χ0n) is 15.3. The van der Waals surface area contributed by atoms with E-state index in [1.807, 2.05) is 42.8 Å². The molecule has 3 rings (SSSR count). The summed E-state index contributed by atoms with van der Waals surface area (Å²) in [5, 5.41) is 11.7. The number of rotatable bonds is 8. The van der Waals surface area contributed by atoms with Crippen molar-refractivity contribution >= 4 is 28.7 Å². The number of imidazole rings is 1. The summed E-state index contributed by atoms with van der Waals surface area (Å²) in [6.45, 7) is 4.63. The number of aryl methyl sites for hydroxylation is 2. The molecule has 0 unspecified atom stereocenters. The molecule has 7 nitrogen and oxygen atoms in total. The van der Waals surface area contributed by atoms with Crippen LogP contribution in [-0.2, 0) is 18.3 Å². The van der Waals surface area contributed by atoms with Crippen LogP contribution < -0.4 is 5.32 Å². The third-order valence-corrected chi connectivity index (χ3v) is 5.25. The molecular weight excluding hydrogens is 348 g/mol. The summed E-state index contributed by atoms with van der Waals surface area (Å²) < 4.78 is 3.92. The predicted octanol–water partition coefficient (Wildman–Crippen LogP) is 2.59. The van der Waals surface area contributed by atoms with Crippen LogP contribution in [0.3, 0.4) is 0 Å². The molecule has 2 aromatic heterocycles. The Labute approximate surface area is 157 Å². The van der Waals surface area contributed by atoms with E-state index >= 15 is 0 Å². The maximum absolute atomic E-state index is 12.7. The van der Waals surface area contributed by atoms with Crippen LogP contribution in [0.1, 0.15) is 32.1 Å². The molecule has 0 radical (unpaired) electrons. The molecule has 26 heavy (non-hydrogen) atoms. The van der Waals surface area contributed by atoms with Gasteiger partial charge in [-0.2, -0.15) is 0 Å². The van der Waals surface area contributed by atoms with E-state index in [4.69, 9.17) is 4.98 Å². The second kappa shape index (κ2) is 8.35. The molecule has 0 spiro atoms.